The molecule has 1 aliphatic carbocycles. The Labute approximate surface area is 163 Å². The number of carbonyl (C=O) groups is 1. The molecule has 7 heteroatoms. The molecule has 2 aliphatic rings. The van der Waals surface area contributed by atoms with Gasteiger partial charge in [0.25, 0.3) is 0 Å². The van der Waals surface area contributed by atoms with E-state index in [9.17, 15) is 13.2 Å². The molecule has 150 valence electrons. The van der Waals surface area contributed by atoms with E-state index in [-0.39, 0.29) is 24.9 Å². The molecule has 1 heterocycles. The summed E-state index contributed by atoms with van der Waals surface area (Å²) in [4.78, 5) is 14.7. The molecule has 1 saturated carbocycles. The highest BCUT2D eigenvalue weighted by Gasteiger charge is 2.28. The summed E-state index contributed by atoms with van der Waals surface area (Å²) in [5.41, 5.74) is 1.94. The Morgan fingerprint density at radius 2 is 1.70 bits per heavy atom. The van der Waals surface area contributed by atoms with E-state index < -0.39 is 10.0 Å². The fourth-order valence-corrected chi connectivity index (χ4v) is 5.33. The summed E-state index contributed by atoms with van der Waals surface area (Å²) in [7, 11) is -3.30. The lowest BCUT2D eigenvalue weighted by molar-refractivity contribution is -0.116. The molecule has 1 saturated heterocycles. The zero-order chi connectivity index (χ0) is 19.3. The number of carbonyl (C=O) groups excluding carboxylic acids is 1. The molecule has 0 atom stereocenters. The van der Waals surface area contributed by atoms with Crippen LogP contribution in [-0.4, -0.2) is 50.6 Å². The van der Waals surface area contributed by atoms with Crippen molar-refractivity contribution in [3.05, 3.63) is 24.3 Å². The zero-order valence-corrected chi connectivity index (χ0v) is 17.0. The molecule has 0 aromatic heterocycles. The number of benzene rings is 1. The number of anilines is 2. The molecule has 1 aromatic carbocycles. The normalized spacial score (nSPS) is 18.8. The van der Waals surface area contributed by atoms with Crippen LogP contribution in [0, 0.1) is 0 Å². The van der Waals surface area contributed by atoms with E-state index in [0.29, 0.717) is 0 Å². The van der Waals surface area contributed by atoms with Crippen molar-refractivity contribution >= 4 is 27.3 Å². The maximum absolute atomic E-state index is 12.3. The predicted octanol–water partition coefficient (Wildman–Crippen LogP) is 3.21. The summed E-state index contributed by atoms with van der Waals surface area (Å²) in [5, 5.41) is 2.89. The SMILES string of the molecule is CS(=O)(=O)N(CCC(=O)Nc1ccc(N2CCCC2)cc1)C1CCCCC1. The lowest BCUT2D eigenvalue weighted by atomic mass is 9.95. The minimum atomic E-state index is -3.30. The zero-order valence-electron chi connectivity index (χ0n) is 16.2. The van der Waals surface area contributed by atoms with Gasteiger partial charge >= 0.3 is 0 Å². The molecule has 1 aliphatic heterocycles. The van der Waals surface area contributed by atoms with Crippen molar-refractivity contribution in [1.82, 2.24) is 4.31 Å². The summed E-state index contributed by atoms with van der Waals surface area (Å²) >= 11 is 0. The topological polar surface area (TPSA) is 69.7 Å². The smallest absolute Gasteiger partial charge is 0.225 e. The highest BCUT2D eigenvalue weighted by atomic mass is 32.2. The van der Waals surface area contributed by atoms with Crippen LogP contribution in [0.1, 0.15) is 51.4 Å². The second-order valence-electron chi connectivity index (χ2n) is 7.70. The van der Waals surface area contributed by atoms with Gasteiger partial charge in [-0.1, -0.05) is 19.3 Å². The van der Waals surface area contributed by atoms with Gasteiger partial charge < -0.3 is 10.2 Å². The van der Waals surface area contributed by atoms with Crippen LogP contribution in [0.2, 0.25) is 0 Å². The third kappa shape index (κ3) is 5.69. The maximum Gasteiger partial charge on any atom is 0.225 e. The minimum absolute atomic E-state index is 0.0429. The second kappa shape index (κ2) is 9.06. The highest BCUT2D eigenvalue weighted by Crippen LogP contribution is 2.25. The molecule has 0 spiro atoms. The lowest BCUT2D eigenvalue weighted by Crippen LogP contribution is -2.42. The summed E-state index contributed by atoms with van der Waals surface area (Å²) in [6.07, 6.45) is 8.97. The summed E-state index contributed by atoms with van der Waals surface area (Å²) < 4.78 is 25.8. The molecule has 1 aromatic rings. The van der Waals surface area contributed by atoms with Crippen LogP contribution in [0.5, 0.6) is 0 Å². The average Bonchev–Trinajstić information content (AvgIpc) is 3.17. The Bertz CT molecular complexity index is 721. The van der Waals surface area contributed by atoms with Gasteiger partial charge in [-0.2, -0.15) is 4.31 Å². The van der Waals surface area contributed by atoms with Crippen LogP contribution in [0.3, 0.4) is 0 Å². The van der Waals surface area contributed by atoms with E-state index in [4.69, 9.17) is 0 Å². The Morgan fingerprint density at radius 1 is 1.07 bits per heavy atom. The van der Waals surface area contributed by atoms with Gasteiger partial charge in [0, 0.05) is 43.5 Å². The molecule has 3 rings (SSSR count). The van der Waals surface area contributed by atoms with Crippen LogP contribution in [0.4, 0.5) is 11.4 Å². The number of nitrogens with zero attached hydrogens (tertiary/aromatic N) is 2. The van der Waals surface area contributed by atoms with E-state index in [1.807, 2.05) is 24.3 Å². The van der Waals surface area contributed by atoms with Gasteiger partial charge in [-0.25, -0.2) is 8.42 Å². The van der Waals surface area contributed by atoms with Crippen molar-refractivity contribution in [3.63, 3.8) is 0 Å². The van der Waals surface area contributed by atoms with Crippen LogP contribution in [-0.2, 0) is 14.8 Å². The first-order chi connectivity index (χ1) is 12.9. The van der Waals surface area contributed by atoms with E-state index in [1.165, 1.54) is 35.5 Å². The molecule has 1 N–H and O–H groups in total. The van der Waals surface area contributed by atoms with E-state index >= 15 is 0 Å². The Morgan fingerprint density at radius 3 is 2.30 bits per heavy atom. The number of hydrogen-bond donors (Lipinski definition) is 1. The Hall–Kier alpha value is -1.60. The number of amides is 1. The monoisotopic (exact) mass is 393 g/mol. The van der Waals surface area contributed by atoms with Gasteiger partial charge in [-0.05, 0) is 49.9 Å². The van der Waals surface area contributed by atoms with Gasteiger partial charge in [-0.15, -0.1) is 0 Å². The first-order valence-electron chi connectivity index (χ1n) is 10.1. The van der Waals surface area contributed by atoms with Crippen LogP contribution < -0.4 is 10.2 Å². The number of nitrogens with one attached hydrogen (secondary N) is 1. The van der Waals surface area contributed by atoms with Gasteiger partial charge in [0.15, 0.2) is 0 Å². The van der Waals surface area contributed by atoms with E-state index in [2.05, 4.69) is 10.2 Å². The fourth-order valence-electron chi connectivity index (χ4n) is 4.15. The van der Waals surface area contributed by atoms with Crippen molar-refractivity contribution in [1.29, 1.82) is 0 Å². The molecule has 2 fully saturated rings. The molecular formula is C20H31N3O3S. The molecule has 0 radical (unpaired) electrons. The van der Waals surface area contributed by atoms with Gasteiger partial charge in [-0.3, -0.25) is 4.79 Å². The van der Waals surface area contributed by atoms with Crippen LogP contribution in [0.15, 0.2) is 24.3 Å². The van der Waals surface area contributed by atoms with Crippen molar-refractivity contribution in [2.45, 2.75) is 57.4 Å². The molecule has 6 nitrogen and oxygen atoms in total. The number of rotatable bonds is 7. The first kappa shape index (κ1) is 20.1. The van der Waals surface area contributed by atoms with Gasteiger partial charge in [0.2, 0.25) is 15.9 Å². The fraction of sp³-hybridized carbons (Fsp3) is 0.650. The van der Waals surface area contributed by atoms with E-state index in [1.54, 1.807) is 0 Å². The molecule has 27 heavy (non-hydrogen) atoms. The summed E-state index contributed by atoms with van der Waals surface area (Å²) in [6, 6.07) is 7.95. The summed E-state index contributed by atoms with van der Waals surface area (Å²) in [6.45, 7) is 2.43. The standard InChI is InChI=1S/C20H31N3O3S/c1-27(25,26)23(19-7-3-2-4-8-19)16-13-20(24)21-17-9-11-18(12-10-17)22-14-5-6-15-22/h9-12,19H,2-8,13-16H2,1H3,(H,21,24). The maximum atomic E-state index is 12.3. The third-order valence-corrected chi connectivity index (χ3v) is 6.92. The minimum Gasteiger partial charge on any atom is -0.372 e. The predicted molar refractivity (Wildman–Crippen MR) is 110 cm³/mol. The van der Waals surface area contributed by atoms with Gasteiger partial charge in [0.05, 0.1) is 6.26 Å². The number of sulfonamides is 1. The quantitative estimate of drug-likeness (QED) is 0.772. The Kier molecular flexibility index (Phi) is 6.76. The van der Waals surface area contributed by atoms with Crippen molar-refractivity contribution in [2.75, 3.05) is 36.1 Å². The van der Waals surface area contributed by atoms with Crippen molar-refractivity contribution < 1.29 is 13.2 Å². The third-order valence-electron chi connectivity index (χ3n) is 5.59. The largest absolute Gasteiger partial charge is 0.372 e. The first-order valence-corrected chi connectivity index (χ1v) is 11.9. The van der Waals surface area contributed by atoms with Crippen LogP contribution in [0.25, 0.3) is 0 Å². The highest BCUT2D eigenvalue weighted by molar-refractivity contribution is 7.88. The second-order valence-corrected chi connectivity index (χ2v) is 9.64. The van der Waals surface area contributed by atoms with E-state index in [0.717, 1.165) is 44.5 Å². The lowest BCUT2D eigenvalue weighted by Gasteiger charge is -2.32. The van der Waals surface area contributed by atoms with Crippen molar-refractivity contribution in [2.24, 2.45) is 0 Å². The molecule has 0 bridgehead atoms. The summed E-state index contributed by atoms with van der Waals surface area (Å²) in [5.74, 6) is -0.145. The average molecular weight is 394 g/mol. The van der Waals surface area contributed by atoms with Crippen LogP contribution >= 0.6 is 0 Å². The number of hydrogen-bond acceptors (Lipinski definition) is 4. The Balaban J connectivity index is 1.53. The molecular weight excluding hydrogens is 362 g/mol. The van der Waals surface area contributed by atoms with Gasteiger partial charge in [0.1, 0.15) is 0 Å². The molecule has 0 unspecified atom stereocenters. The van der Waals surface area contributed by atoms with Crippen molar-refractivity contribution in [3.8, 4) is 0 Å². The molecule has 1 amide bonds.